The van der Waals surface area contributed by atoms with E-state index in [0.717, 1.165) is 24.0 Å². The Morgan fingerprint density at radius 1 is 1.10 bits per heavy atom. The van der Waals surface area contributed by atoms with Gasteiger partial charge in [0.1, 0.15) is 17.2 Å². The van der Waals surface area contributed by atoms with Gasteiger partial charge in [-0.15, -0.1) is 0 Å². The van der Waals surface area contributed by atoms with E-state index in [1.165, 1.54) is 13.2 Å². The molecule has 0 amide bonds. The zero-order valence-electron chi connectivity index (χ0n) is 18.7. The third kappa shape index (κ3) is 7.61. The van der Waals surface area contributed by atoms with Crippen molar-refractivity contribution in [3.63, 3.8) is 0 Å². The monoisotopic (exact) mass is 424 g/mol. The molecule has 3 N–H and O–H groups in total. The predicted octanol–water partition coefficient (Wildman–Crippen LogP) is 5.43. The van der Waals surface area contributed by atoms with Gasteiger partial charge in [0.05, 0.1) is 18.3 Å². The third-order valence-electron chi connectivity index (χ3n) is 5.06. The number of phenols is 2. The van der Waals surface area contributed by atoms with Crippen molar-refractivity contribution >= 4 is 11.9 Å². The molecular formula is C26H32O5. The molecule has 0 saturated heterocycles. The molecule has 0 saturated carbocycles. The van der Waals surface area contributed by atoms with E-state index in [0.29, 0.717) is 24.2 Å². The van der Waals surface area contributed by atoms with Crippen LogP contribution in [0.4, 0.5) is 0 Å². The minimum absolute atomic E-state index is 0.0831. The highest BCUT2D eigenvalue weighted by Crippen LogP contribution is 2.33. The van der Waals surface area contributed by atoms with E-state index in [1.54, 1.807) is 56.3 Å². The molecule has 0 aliphatic carbocycles. The van der Waals surface area contributed by atoms with Crippen LogP contribution in [0.1, 0.15) is 61.5 Å². The summed E-state index contributed by atoms with van der Waals surface area (Å²) in [4.78, 5) is 12.7. The van der Waals surface area contributed by atoms with Gasteiger partial charge in [-0.25, -0.2) is 0 Å². The number of hydrogen-bond donors (Lipinski definition) is 3. The maximum Gasteiger partial charge on any atom is 0.189 e. The standard InChI is InChI=1S/C26H32O5/c1-18(6-5-17-26(2,3)30)7-13-22-24(31-4)16-14-21(25(22)29)23(28)15-10-19-8-11-20(27)12-9-19/h7-12,14-16,27,29-30H,5-6,13,17H2,1-4H3/b15-10+,18-7+. The van der Waals surface area contributed by atoms with Gasteiger partial charge >= 0.3 is 0 Å². The first-order valence-electron chi connectivity index (χ1n) is 10.4. The molecule has 166 valence electrons. The van der Waals surface area contributed by atoms with Gasteiger partial charge in [-0.05, 0) is 82.4 Å². The number of allylic oxidation sites excluding steroid dienone is 3. The SMILES string of the molecule is COc1ccc(C(=O)/C=C/c2ccc(O)cc2)c(O)c1C/C=C(\C)CCCC(C)(C)O. The van der Waals surface area contributed by atoms with Gasteiger partial charge in [-0.2, -0.15) is 0 Å². The minimum Gasteiger partial charge on any atom is -0.508 e. The second-order valence-corrected chi connectivity index (χ2v) is 8.35. The van der Waals surface area contributed by atoms with Crippen LogP contribution in [0.15, 0.2) is 54.1 Å². The van der Waals surface area contributed by atoms with Crippen molar-refractivity contribution in [3.8, 4) is 17.2 Å². The van der Waals surface area contributed by atoms with Crippen molar-refractivity contribution in [1.82, 2.24) is 0 Å². The van der Waals surface area contributed by atoms with Crippen molar-refractivity contribution in [2.45, 2.75) is 52.1 Å². The number of rotatable bonds is 10. The molecule has 0 aromatic heterocycles. The molecule has 0 aliphatic heterocycles. The highest BCUT2D eigenvalue weighted by Gasteiger charge is 2.17. The van der Waals surface area contributed by atoms with Gasteiger partial charge in [-0.1, -0.05) is 29.9 Å². The van der Waals surface area contributed by atoms with E-state index in [2.05, 4.69) is 0 Å². The summed E-state index contributed by atoms with van der Waals surface area (Å²) in [6.45, 7) is 5.62. The largest absolute Gasteiger partial charge is 0.508 e. The Morgan fingerprint density at radius 3 is 2.39 bits per heavy atom. The Bertz CT molecular complexity index is 947. The average Bonchev–Trinajstić information content (AvgIpc) is 2.71. The highest BCUT2D eigenvalue weighted by atomic mass is 16.5. The Hall–Kier alpha value is -3.05. The summed E-state index contributed by atoms with van der Waals surface area (Å²) >= 11 is 0. The summed E-state index contributed by atoms with van der Waals surface area (Å²) in [7, 11) is 1.53. The molecule has 0 atom stereocenters. The fourth-order valence-corrected chi connectivity index (χ4v) is 3.23. The topological polar surface area (TPSA) is 87.0 Å². The molecular weight excluding hydrogens is 392 g/mol. The van der Waals surface area contributed by atoms with Crippen molar-refractivity contribution in [2.24, 2.45) is 0 Å². The zero-order chi connectivity index (χ0) is 23.0. The van der Waals surface area contributed by atoms with E-state index in [4.69, 9.17) is 4.74 Å². The van der Waals surface area contributed by atoms with Crippen LogP contribution >= 0.6 is 0 Å². The number of methoxy groups -OCH3 is 1. The van der Waals surface area contributed by atoms with Gasteiger partial charge in [0.15, 0.2) is 5.78 Å². The van der Waals surface area contributed by atoms with Crippen LogP contribution in [-0.4, -0.2) is 33.8 Å². The Kier molecular flexibility index (Phi) is 8.46. The Balaban J connectivity index is 2.16. The highest BCUT2D eigenvalue weighted by molar-refractivity contribution is 6.09. The van der Waals surface area contributed by atoms with Crippen LogP contribution in [0.3, 0.4) is 0 Å². The maximum absolute atomic E-state index is 12.7. The molecule has 0 fully saturated rings. The van der Waals surface area contributed by atoms with Gasteiger partial charge in [0, 0.05) is 5.56 Å². The molecule has 0 radical (unpaired) electrons. The van der Waals surface area contributed by atoms with Gasteiger partial charge in [0.2, 0.25) is 0 Å². The number of carbonyl (C=O) groups excluding carboxylic acids is 1. The fraction of sp³-hybridized carbons (Fsp3) is 0.346. The third-order valence-corrected chi connectivity index (χ3v) is 5.06. The molecule has 0 spiro atoms. The molecule has 0 unspecified atom stereocenters. The van der Waals surface area contributed by atoms with E-state index >= 15 is 0 Å². The van der Waals surface area contributed by atoms with Crippen molar-refractivity contribution < 1.29 is 24.9 Å². The first-order valence-corrected chi connectivity index (χ1v) is 10.4. The van der Waals surface area contributed by atoms with E-state index < -0.39 is 5.60 Å². The number of aliphatic hydroxyl groups is 1. The Morgan fingerprint density at radius 2 is 1.77 bits per heavy atom. The van der Waals surface area contributed by atoms with Crippen molar-refractivity contribution in [1.29, 1.82) is 0 Å². The second-order valence-electron chi connectivity index (χ2n) is 8.35. The summed E-state index contributed by atoms with van der Waals surface area (Å²) in [5.41, 5.74) is 2.01. The minimum atomic E-state index is -0.676. The van der Waals surface area contributed by atoms with Crippen molar-refractivity contribution in [2.75, 3.05) is 7.11 Å². The molecule has 2 rings (SSSR count). The van der Waals surface area contributed by atoms with Crippen LogP contribution in [0.25, 0.3) is 6.08 Å². The fourth-order valence-electron chi connectivity index (χ4n) is 3.23. The summed E-state index contributed by atoms with van der Waals surface area (Å²) in [6.07, 6.45) is 7.92. The lowest BCUT2D eigenvalue weighted by atomic mass is 9.97. The molecule has 2 aromatic rings. The summed E-state index contributed by atoms with van der Waals surface area (Å²) in [5.74, 6) is 0.280. The first kappa shape index (κ1) is 24.2. The number of phenolic OH excluding ortho intramolecular Hbond substituents is 2. The van der Waals surface area contributed by atoms with Crippen LogP contribution in [0.2, 0.25) is 0 Å². The number of benzene rings is 2. The molecule has 0 bridgehead atoms. The summed E-state index contributed by atoms with van der Waals surface area (Å²) in [5, 5.41) is 30.0. The number of ketones is 1. The van der Waals surface area contributed by atoms with Crippen LogP contribution < -0.4 is 4.74 Å². The number of aromatic hydroxyl groups is 2. The van der Waals surface area contributed by atoms with Crippen LogP contribution in [0.5, 0.6) is 17.2 Å². The molecule has 0 aliphatic rings. The van der Waals surface area contributed by atoms with Gasteiger partial charge in [-0.3, -0.25) is 4.79 Å². The number of ether oxygens (including phenoxy) is 1. The average molecular weight is 425 g/mol. The van der Waals surface area contributed by atoms with Crippen LogP contribution in [0, 0.1) is 0 Å². The second kappa shape index (κ2) is 10.8. The summed E-state index contributed by atoms with van der Waals surface area (Å²) in [6, 6.07) is 9.73. The normalized spacial score (nSPS) is 12.4. The lowest BCUT2D eigenvalue weighted by Crippen LogP contribution is -2.17. The van der Waals surface area contributed by atoms with E-state index in [-0.39, 0.29) is 22.8 Å². The quantitative estimate of drug-likeness (QED) is 0.269. The van der Waals surface area contributed by atoms with E-state index in [1.807, 2.05) is 13.0 Å². The van der Waals surface area contributed by atoms with Crippen LogP contribution in [-0.2, 0) is 6.42 Å². The lowest BCUT2D eigenvalue weighted by molar-refractivity contribution is 0.0689. The zero-order valence-corrected chi connectivity index (χ0v) is 18.7. The van der Waals surface area contributed by atoms with E-state index in [9.17, 15) is 20.1 Å². The predicted molar refractivity (Wildman–Crippen MR) is 124 cm³/mol. The molecule has 31 heavy (non-hydrogen) atoms. The van der Waals surface area contributed by atoms with Crippen molar-refractivity contribution in [3.05, 3.63) is 70.8 Å². The molecule has 0 heterocycles. The van der Waals surface area contributed by atoms with Gasteiger partial charge < -0.3 is 20.1 Å². The summed E-state index contributed by atoms with van der Waals surface area (Å²) < 4.78 is 5.38. The number of carbonyl (C=O) groups is 1. The number of hydrogen-bond acceptors (Lipinski definition) is 5. The molecule has 5 nitrogen and oxygen atoms in total. The molecule has 2 aromatic carbocycles. The Labute approximate surface area is 184 Å². The molecule has 5 heteroatoms. The van der Waals surface area contributed by atoms with Gasteiger partial charge in [0.25, 0.3) is 0 Å². The lowest BCUT2D eigenvalue weighted by Gasteiger charge is -2.16. The first-order chi connectivity index (χ1) is 14.6. The maximum atomic E-state index is 12.7. The smallest absolute Gasteiger partial charge is 0.189 e.